The topological polar surface area (TPSA) is 95.7 Å². The number of piperidine rings is 1. The summed E-state index contributed by atoms with van der Waals surface area (Å²) in [6.07, 6.45) is 1.03. The van der Waals surface area contributed by atoms with E-state index in [4.69, 9.17) is 17.3 Å². The van der Waals surface area contributed by atoms with Gasteiger partial charge in [-0.05, 0) is 30.5 Å². The molecule has 2 aliphatic rings. The third-order valence-corrected chi connectivity index (χ3v) is 5.24. The van der Waals surface area contributed by atoms with E-state index >= 15 is 0 Å². The van der Waals surface area contributed by atoms with E-state index in [9.17, 15) is 14.4 Å². The fourth-order valence-electron chi connectivity index (χ4n) is 3.59. The molecule has 0 unspecified atom stereocenters. The monoisotopic (exact) mass is 364 g/mol. The number of carbonyl (C=O) groups excluding carboxylic acids is 3. The molecule has 3 rings (SSSR count). The SMILES string of the molecule is NCC(=O)N1CCC2(CC1)C(=O)NCN2C(=O)Cc1cccc(Cl)c1. The minimum Gasteiger partial charge on any atom is -0.341 e. The summed E-state index contributed by atoms with van der Waals surface area (Å²) in [6.45, 7) is 0.995. The maximum Gasteiger partial charge on any atom is 0.247 e. The van der Waals surface area contributed by atoms with Crippen molar-refractivity contribution in [3.05, 3.63) is 34.9 Å². The van der Waals surface area contributed by atoms with Crippen LogP contribution in [0.25, 0.3) is 0 Å². The van der Waals surface area contributed by atoms with E-state index in [0.717, 1.165) is 5.56 Å². The summed E-state index contributed by atoms with van der Waals surface area (Å²) in [5.74, 6) is -0.406. The summed E-state index contributed by atoms with van der Waals surface area (Å²) < 4.78 is 0. The van der Waals surface area contributed by atoms with Crippen LogP contribution < -0.4 is 11.1 Å². The van der Waals surface area contributed by atoms with Crippen molar-refractivity contribution in [2.24, 2.45) is 5.73 Å². The van der Waals surface area contributed by atoms with Gasteiger partial charge in [-0.25, -0.2) is 0 Å². The van der Waals surface area contributed by atoms with Gasteiger partial charge in [-0.1, -0.05) is 23.7 Å². The summed E-state index contributed by atoms with van der Waals surface area (Å²) in [6, 6.07) is 7.14. The molecule has 0 bridgehead atoms. The molecular formula is C17H21ClN4O3. The van der Waals surface area contributed by atoms with Crippen LogP contribution in [0.15, 0.2) is 24.3 Å². The molecule has 0 atom stereocenters. The van der Waals surface area contributed by atoms with Gasteiger partial charge in [-0.2, -0.15) is 0 Å². The van der Waals surface area contributed by atoms with Crippen LogP contribution in [0.2, 0.25) is 5.02 Å². The molecule has 2 heterocycles. The number of hydrogen-bond acceptors (Lipinski definition) is 4. The van der Waals surface area contributed by atoms with Crippen molar-refractivity contribution in [2.45, 2.75) is 24.8 Å². The Labute approximate surface area is 151 Å². The number of rotatable bonds is 3. The van der Waals surface area contributed by atoms with Gasteiger partial charge in [0.05, 0.1) is 19.6 Å². The predicted octanol–water partition coefficient (Wildman–Crippen LogP) is 0.118. The van der Waals surface area contributed by atoms with E-state index in [0.29, 0.717) is 31.0 Å². The lowest BCUT2D eigenvalue weighted by molar-refractivity contribution is -0.145. The average Bonchev–Trinajstić information content (AvgIpc) is 2.91. The normalized spacial score (nSPS) is 19.2. The van der Waals surface area contributed by atoms with Gasteiger partial charge in [0.25, 0.3) is 0 Å². The molecule has 1 spiro atoms. The first-order valence-corrected chi connectivity index (χ1v) is 8.65. The molecule has 0 aliphatic carbocycles. The molecule has 2 aliphatic heterocycles. The summed E-state index contributed by atoms with van der Waals surface area (Å²) in [5, 5.41) is 3.35. The highest BCUT2D eigenvalue weighted by Crippen LogP contribution is 2.33. The first-order valence-electron chi connectivity index (χ1n) is 8.27. The number of nitrogens with one attached hydrogen (secondary N) is 1. The number of carbonyl (C=O) groups is 3. The highest BCUT2D eigenvalue weighted by Gasteiger charge is 2.52. The quantitative estimate of drug-likeness (QED) is 0.796. The molecule has 3 N–H and O–H groups in total. The zero-order chi connectivity index (χ0) is 18.0. The molecule has 25 heavy (non-hydrogen) atoms. The smallest absolute Gasteiger partial charge is 0.247 e. The van der Waals surface area contributed by atoms with Gasteiger partial charge in [-0.3, -0.25) is 14.4 Å². The summed E-state index contributed by atoms with van der Waals surface area (Å²) >= 11 is 5.97. The minimum atomic E-state index is -0.874. The third-order valence-electron chi connectivity index (χ3n) is 5.00. The molecule has 7 nitrogen and oxygen atoms in total. The molecule has 1 aromatic carbocycles. The number of likely N-dealkylation sites (tertiary alicyclic amines) is 1. The van der Waals surface area contributed by atoms with E-state index < -0.39 is 5.54 Å². The van der Waals surface area contributed by atoms with E-state index in [1.165, 1.54) is 0 Å². The highest BCUT2D eigenvalue weighted by molar-refractivity contribution is 6.30. The van der Waals surface area contributed by atoms with Crippen molar-refractivity contribution < 1.29 is 14.4 Å². The van der Waals surface area contributed by atoms with Gasteiger partial charge in [0.2, 0.25) is 17.7 Å². The molecule has 0 saturated carbocycles. The average molecular weight is 365 g/mol. The summed E-state index contributed by atoms with van der Waals surface area (Å²) in [7, 11) is 0. The number of hydrogen-bond donors (Lipinski definition) is 2. The zero-order valence-corrected chi connectivity index (χ0v) is 14.6. The van der Waals surface area contributed by atoms with Crippen molar-refractivity contribution in [1.82, 2.24) is 15.1 Å². The number of halogens is 1. The highest BCUT2D eigenvalue weighted by atomic mass is 35.5. The first kappa shape index (κ1) is 17.7. The lowest BCUT2D eigenvalue weighted by Gasteiger charge is -2.42. The third kappa shape index (κ3) is 3.34. The second-order valence-electron chi connectivity index (χ2n) is 6.41. The lowest BCUT2D eigenvalue weighted by atomic mass is 9.85. The van der Waals surface area contributed by atoms with Crippen LogP contribution in [-0.2, 0) is 20.8 Å². The Kier molecular flexibility index (Phi) is 4.96. The Morgan fingerprint density at radius 3 is 2.60 bits per heavy atom. The molecule has 2 saturated heterocycles. The second-order valence-corrected chi connectivity index (χ2v) is 6.85. The number of nitrogens with zero attached hydrogens (tertiary/aromatic N) is 2. The van der Waals surface area contributed by atoms with Gasteiger partial charge in [0, 0.05) is 18.1 Å². The predicted molar refractivity (Wildman–Crippen MR) is 92.6 cm³/mol. The maximum atomic E-state index is 12.8. The van der Waals surface area contributed by atoms with Gasteiger partial charge in [-0.15, -0.1) is 0 Å². The Morgan fingerprint density at radius 2 is 1.96 bits per heavy atom. The van der Waals surface area contributed by atoms with Crippen molar-refractivity contribution in [3.8, 4) is 0 Å². The number of amides is 3. The molecular weight excluding hydrogens is 344 g/mol. The van der Waals surface area contributed by atoms with Crippen LogP contribution in [0, 0.1) is 0 Å². The fourth-order valence-corrected chi connectivity index (χ4v) is 3.80. The van der Waals surface area contributed by atoms with Gasteiger partial charge in [0.1, 0.15) is 5.54 Å². The van der Waals surface area contributed by atoms with Crippen molar-refractivity contribution in [3.63, 3.8) is 0 Å². The van der Waals surface area contributed by atoms with E-state index in [1.54, 1.807) is 28.0 Å². The Morgan fingerprint density at radius 1 is 1.24 bits per heavy atom. The van der Waals surface area contributed by atoms with E-state index in [1.807, 2.05) is 6.07 Å². The molecule has 134 valence electrons. The van der Waals surface area contributed by atoms with Crippen molar-refractivity contribution in [1.29, 1.82) is 0 Å². The van der Waals surface area contributed by atoms with E-state index in [-0.39, 0.29) is 37.4 Å². The van der Waals surface area contributed by atoms with Crippen LogP contribution in [0.1, 0.15) is 18.4 Å². The molecule has 3 amide bonds. The number of nitrogens with two attached hydrogens (primary N) is 1. The Bertz CT molecular complexity index is 701. The van der Waals surface area contributed by atoms with Crippen LogP contribution in [0.5, 0.6) is 0 Å². The zero-order valence-electron chi connectivity index (χ0n) is 13.8. The molecule has 8 heteroatoms. The first-order chi connectivity index (χ1) is 12.0. The van der Waals surface area contributed by atoms with Gasteiger partial charge < -0.3 is 20.9 Å². The summed E-state index contributed by atoms with van der Waals surface area (Å²) in [4.78, 5) is 40.3. The molecule has 0 radical (unpaired) electrons. The second kappa shape index (κ2) is 7.01. The molecule has 0 aromatic heterocycles. The molecule has 2 fully saturated rings. The van der Waals surface area contributed by atoms with Crippen molar-refractivity contribution in [2.75, 3.05) is 26.3 Å². The van der Waals surface area contributed by atoms with Crippen LogP contribution in [0.4, 0.5) is 0 Å². The van der Waals surface area contributed by atoms with Crippen LogP contribution in [-0.4, -0.2) is 59.4 Å². The number of benzene rings is 1. The van der Waals surface area contributed by atoms with E-state index in [2.05, 4.69) is 5.32 Å². The van der Waals surface area contributed by atoms with Gasteiger partial charge >= 0.3 is 0 Å². The minimum absolute atomic E-state index is 0.0450. The summed E-state index contributed by atoms with van der Waals surface area (Å²) in [5.41, 5.74) is 5.34. The Hall–Kier alpha value is -2.12. The maximum absolute atomic E-state index is 12.8. The van der Waals surface area contributed by atoms with Crippen LogP contribution >= 0.6 is 11.6 Å². The molecule has 1 aromatic rings. The lowest BCUT2D eigenvalue weighted by Crippen LogP contribution is -2.59. The standard InChI is InChI=1S/C17H21ClN4O3/c18-13-3-1-2-12(8-13)9-14(23)22-11-20-16(25)17(22)4-6-21(7-5-17)15(24)10-19/h1-3,8H,4-7,9-11,19H2,(H,20,25). The van der Waals surface area contributed by atoms with Crippen molar-refractivity contribution >= 4 is 29.3 Å². The fraction of sp³-hybridized carbons (Fsp3) is 0.471. The largest absolute Gasteiger partial charge is 0.341 e. The Balaban J connectivity index is 1.74. The van der Waals surface area contributed by atoms with Gasteiger partial charge in [0.15, 0.2) is 0 Å². The van der Waals surface area contributed by atoms with Crippen LogP contribution in [0.3, 0.4) is 0 Å².